The summed E-state index contributed by atoms with van der Waals surface area (Å²) in [5.41, 5.74) is 0.202. The van der Waals surface area contributed by atoms with Crippen molar-refractivity contribution in [3.05, 3.63) is 12.2 Å². The first kappa shape index (κ1) is 21.2. The molecule has 3 nitrogen and oxygen atoms in total. The van der Waals surface area contributed by atoms with Crippen molar-refractivity contribution < 1.29 is 4.79 Å². The molecule has 0 aromatic carbocycles. The van der Waals surface area contributed by atoms with E-state index in [0.717, 1.165) is 19.6 Å². The highest BCUT2D eigenvalue weighted by Gasteiger charge is 2.22. The Kier molecular flexibility index (Phi) is 11.3. The largest absolute Gasteiger partial charge is 0.339 e. The number of unbranched alkanes of at least 4 members (excludes halogenated alkanes) is 4. The minimum atomic E-state index is 0.142. The second-order valence-corrected chi connectivity index (χ2v) is 7.35. The van der Waals surface area contributed by atoms with Crippen molar-refractivity contribution in [2.45, 2.75) is 66.2 Å². The van der Waals surface area contributed by atoms with E-state index in [4.69, 9.17) is 0 Å². The van der Waals surface area contributed by atoms with Gasteiger partial charge in [-0.15, -0.1) is 0 Å². The topological polar surface area (TPSA) is 23.6 Å². The van der Waals surface area contributed by atoms with Gasteiger partial charge in [0.2, 0.25) is 5.91 Å². The molecule has 0 saturated carbocycles. The molecule has 0 saturated heterocycles. The first-order valence-electron chi connectivity index (χ1n) is 8.92. The molecule has 0 spiro atoms. The Bertz CT molecular complexity index is 321. The standard InChI is InChI=1S/C19H38N2O/c1-7-9-10-11-12-15-19(3,4)17-21(8-2)18(22)14-13-16-20(5)6/h13-14H,7-12,15-17H2,1-6H3/b14-13+. The van der Waals surface area contributed by atoms with Gasteiger partial charge in [0.15, 0.2) is 0 Å². The summed E-state index contributed by atoms with van der Waals surface area (Å²) < 4.78 is 0. The van der Waals surface area contributed by atoms with E-state index in [2.05, 4.69) is 32.6 Å². The Hall–Kier alpha value is -0.830. The lowest BCUT2D eigenvalue weighted by Gasteiger charge is -2.31. The van der Waals surface area contributed by atoms with E-state index < -0.39 is 0 Å². The van der Waals surface area contributed by atoms with Crippen LogP contribution in [-0.4, -0.2) is 49.4 Å². The zero-order valence-electron chi connectivity index (χ0n) is 15.8. The van der Waals surface area contributed by atoms with Crippen LogP contribution >= 0.6 is 0 Å². The third-order valence-electron chi connectivity index (χ3n) is 4.00. The summed E-state index contributed by atoms with van der Waals surface area (Å²) in [6, 6.07) is 0. The molecule has 0 radical (unpaired) electrons. The van der Waals surface area contributed by atoms with Crippen molar-refractivity contribution in [1.29, 1.82) is 0 Å². The molecule has 1 amide bonds. The van der Waals surface area contributed by atoms with Gasteiger partial charge in [0.25, 0.3) is 0 Å². The predicted octanol–water partition coefficient (Wildman–Crippen LogP) is 4.34. The van der Waals surface area contributed by atoms with Crippen LogP contribution in [0.25, 0.3) is 0 Å². The Morgan fingerprint density at radius 2 is 1.68 bits per heavy atom. The lowest BCUT2D eigenvalue weighted by molar-refractivity contribution is -0.127. The normalized spacial score (nSPS) is 12.3. The maximum Gasteiger partial charge on any atom is 0.246 e. The summed E-state index contributed by atoms with van der Waals surface area (Å²) in [5, 5.41) is 0. The third-order valence-corrected chi connectivity index (χ3v) is 4.00. The number of carbonyl (C=O) groups excluding carboxylic acids is 1. The Morgan fingerprint density at radius 3 is 2.23 bits per heavy atom. The van der Waals surface area contributed by atoms with E-state index in [-0.39, 0.29) is 11.3 Å². The first-order valence-corrected chi connectivity index (χ1v) is 8.92. The number of hydrogen-bond donors (Lipinski definition) is 0. The van der Waals surface area contributed by atoms with Crippen molar-refractivity contribution in [2.75, 3.05) is 33.7 Å². The van der Waals surface area contributed by atoms with Crippen LogP contribution in [0.2, 0.25) is 0 Å². The van der Waals surface area contributed by atoms with Crippen molar-refractivity contribution >= 4 is 5.91 Å². The van der Waals surface area contributed by atoms with Crippen molar-refractivity contribution in [2.24, 2.45) is 5.41 Å². The number of carbonyl (C=O) groups is 1. The van der Waals surface area contributed by atoms with Crippen LogP contribution in [0.15, 0.2) is 12.2 Å². The molecule has 0 aliphatic rings. The molecule has 0 aliphatic heterocycles. The average molecular weight is 311 g/mol. The molecule has 0 unspecified atom stereocenters. The quantitative estimate of drug-likeness (QED) is 0.395. The average Bonchev–Trinajstić information content (AvgIpc) is 2.44. The molecule has 0 bridgehead atoms. The maximum atomic E-state index is 12.3. The van der Waals surface area contributed by atoms with Gasteiger partial charge in [-0.1, -0.05) is 59.0 Å². The van der Waals surface area contributed by atoms with E-state index in [9.17, 15) is 4.79 Å². The lowest BCUT2D eigenvalue weighted by atomic mass is 9.86. The lowest BCUT2D eigenvalue weighted by Crippen LogP contribution is -2.38. The van der Waals surface area contributed by atoms with E-state index in [1.54, 1.807) is 6.08 Å². The molecule has 22 heavy (non-hydrogen) atoms. The number of amides is 1. The van der Waals surface area contributed by atoms with Crippen LogP contribution in [0.3, 0.4) is 0 Å². The Balaban J connectivity index is 4.26. The van der Waals surface area contributed by atoms with Gasteiger partial charge in [0.05, 0.1) is 0 Å². The summed E-state index contributed by atoms with van der Waals surface area (Å²) in [6.07, 6.45) is 11.4. The molecule has 0 aliphatic carbocycles. The van der Waals surface area contributed by atoms with Crippen molar-refractivity contribution in [3.8, 4) is 0 Å². The third kappa shape index (κ3) is 10.8. The van der Waals surface area contributed by atoms with Crippen LogP contribution in [-0.2, 0) is 4.79 Å². The van der Waals surface area contributed by atoms with E-state index in [0.29, 0.717) is 0 Å². The second kappa shape index (κ2) is 11.7. The number of nitrogens with zero attached hydrogens (tertiary/aromatic N) is 2. The van der Waals surface area contributed by atoms with Gasteiger partial charge < -0.3 is 9.80 Å². The zero-order chi connectivity index (χ0) is 17.0. The van der Waals surface area contributed by atoms with E-state index >= 15 is 0 Å². The van der Waals surface area contributed by atoms with Crippen LogP contribution in [0.5, 0.6) is 0 Å². The number of likely N-dealkylation sites (N-methyl/N-ethyl adjacent to an activating group) is 2. The minimum Gasteiger partial charge on any atom is -0.339 e. The minimum absolute atomic E-state index is 0.142. The van der Waals surface area contributed by atoms with Gasteiger partial charge in [0.1, 0.15) is 0 Å². The van der Waals surface area contributed by atoms with Gasteiger partial charge >= 0.3 is 0 Å². The summed E-state index contributed by atoms with van der Waals surface area (Å²) in [4.78, 5) is 16.3. The fourth-order valence-corrected chi connectivity index (χ4v) is 2.62. The molecular weight excluding hydrogens is 272 g/mol. The van der Waals surface area contributed by atoms with Crippen LogP contribution in [0.4, 0.5) is 0 Å². The Labute approximate surface area is 138 Å². The Morgan fingerprint density at radius 1 is 1.05 bits per heavy atom. The monoisotopic (exact) mass is 310 g/mol. The summed E-state index contributed by atoms with van der Waals surface area (Å²) in [7, 11) is 4.02. The molecular formula is C19H38N2O. The highest BCUT2D eigenvalue weighted by atomic mass is 16.2. The predicted molar refractivity (Wildman–Crippen MR) is 97.1 cm³/mol. The van der Waals surface area contributed by atoms with Crippen molar-refractivity contribution in [1.82, 2.24) is 9.80 Å². The summed E-state index contributed by atoms with van der Waals surface area (Å²) >= 11 is 0. The molecule has 0 aromatic rings. The highest BCUT2D eigenvalue weighted by Crippen LogP contribution is 2.25. The highest BCUT2D eigenvalue weighted by molar-refractivity contribution is 5.87. The van der Waals surface area contributed by atoms with Crippen LogP contribution < -0.4 is 0 Å². The zero-order valence-corrected chi connectivity index (χ0v) is 15.8. The van der Waals surface area contributed by atoms with Crippen LogP contribution in [0.1, 0.15) is 66.2 Å². The van der Waals surface area contributed by atoms with E-state index in [1.807, 2.05) is 25.1 Å². The molecule has 0 rings (SSSR count). The molecule has 0 heterocycles. The fraction of sp³-hybridized carbons (Fsp3) is 0.842. The molecule has 0 atom stereocenters. The smallest absolute Gasteiger partial charge is 0.246 e. The summed E-state index contributed by atoms with van der Waals surface area (Å²) in [5.74, 6) is 0.142. The number of rotatable bonds is 12. The van der Waals surface area contributed by atoms with E-state index in [1.165, 1.54) is 38.5 Å². The van der Waals surface area contributed by atoms with Gasteiger partial charge in [-0.2, -0.15) is 0 Å². The fourth-order valence-electron chi connectivity index (χ4n) is 2.62. The molecule has 3 heteroatoms. The van der Waals surface area contributed by atoms with Crippen molar-refractivity contribution in [3.63, 3.8) is 0 Å². The SMILES string of the molecule is CCCCCCCC(C)(C)CN(CC)C(=O)/C=C/CN(C)C. The van der Waals surface area contributed by atoms with Crippen LogP contribution in [0, 0.1) is 5.41 Å². The van der Waals surface area contributed by atoms with Gasteiger partial charge in [-0.25, -0.2) is 0 Å². The molecule has 0 fully saturated rings. The maximum absolute atomic E-state index is 12.3. The van der Waals surface area contributed by atoms with Gasteiger partial charge in [-0.05, 0) is 32.9 Å². The molecule has 130 valence electrons. The van der Waals surface area contributed by atoms with Gasteiger partial charge in [0, 0.05) is 25.7 Å². The van der Waals surface area contributed by atoms with Gasteiger partial charge in [-0.3, -0.25) is 4.79 Å². The first-order chi connectivity index (χ1) is 10.3. The molecule has 0 aromatic heterocycles. The molecule has 0 N–H and O–H groups in total. The second-order valence-electron chi connectivity index (χ2n) is 7.35. The summed E-state index contributed by atoms with van der Waals surface area (Å²) in [6.45, 7) is 11.3. The number of hydrogen-bond acceptors (Lipinski definition) is 2.